The molecule has 7 nitrogen and oxygen atoms in total. The number of rotatable bonds is 7. The third-order valence-electron chi connectivity index (χ3n) is 5.65. The molecule has 1 saturated heterocycles. The normalized spacial score (nSPS) is 16.1. The van der Waals surface area contributed by atoms with Gasteiger partial charge in [0.2, 0.25) is 5.91 Å². The van der Waals surface area contributed by atoms with Crippen molar-refractivity contribution in [1.82, 2.24) is 14.9 Å². The fourth-order valence-electron chi connectivity index (χ4n) is 4.08. The molecule has 0 saturated carbocycles. The van der Waals surface area contributed by atoms with E-state index in [9.17, 15) is 9.59 Å². The Balaban J connectivity index is 1.55. The maximum atomic E-state index is 12.7. The fraction of sp³-hybridized carbons (Fsp3) is 0.500. The van der Waals surface area contributed by atoms with Crippen LogP contribution in [0.4, 0.5) is 0 Å². The van der Waals surface area contributed by atoms with E-state index in [1.165, 1.54) is 5.56 Å². The second-order valence-electron chi connectivity index (χ2n) is 7.62. The summed E-state index contributed by atoms with van der Waals surface area (Å²) in [6.07, 6.45) is 2.93. The van der Waals surface area contributed by atoms with Gasteiger partial charge in [-0.1, -0.05) is 6.07 Å². The number of ether oxygens (including phenoxy) is 2. The lowest BCUT2D eigenvalue weighted by molar-refractivity contribution is -0.130. The third kappa shape index (κ3) is 4.96. The zero-order valence-corrected chi connectivity index (χ0v) is 17.6. The topological polar surface area (TPSA) is 84.5 Å². The largest absolute Gasteiger partial charge is 0.493 e. The molecule has 2 aromatic rings. The number of carbonyl (C=O) groups is 1. The standard InChI is InChI=1S/C22H29N3O4/c1-14-18(15(2)24-22(27)23-14)6-8-21(26)25-10-9-17(13-25)11-16-5-7-19(28-3)20(12-16)29-4/h5,7,12,17H,6,8-11,13H2,1-4H3,(H,23,24,27). The van der Waals surface area contributed by atoms with Crippen LogP contribution in [0.1, 0.15) is 35.4 Å². The second kappa shape index (κ2) is 9.11. The molecule has 1 fully saturated rings. The van der Waals surface area contributed by atoms with Crippen LogP contribution in [0.2, 0.25) is 0 Å². The van der Waals surface area contributed by atoms with E-state index in [2.05, 4.69) is 16.0 Å². The molecule has 1 atom stereocenters. The van der Waals surface area contributed by atoms with Crippen molar-refractivity contribution >= 4 is 5.91 Å². The predicted molar refractivity (Wildman–Crippen MR) is 111 cm³/mol. The van der Waals surface area contributed by atoms with E-state index in [4.69, 9.17) is 9.47 Å². The lowest BCUT2D eigenvalue weighted by Gasteiger charge is -2.17. The highest BCUT2D eigenvalue weighted by molar-refractivity contribution is 5.76. The van der Waals surface area contributed by atoms with Gasteiger partial charge in [-0.05, 0) is 62.3 Å². The van der Waals surface area contributed by atoms with Crippen molar-refractivity contribution < 1.29 is 14.3 Å². The number of likely N-dealkylation sites (tertiary alicyclic amines) is 1. The third-order valence-corrected chi connectivity index (χ3v) is 5.65. The molecule has 1 aliphatic rings. The Labute approximate surface area is 171 Å². The summed E-state index contributed by atoms with van der Waals surface area (Å²) >= 11 is 0. The van der Waals surface area contributed by atoms with Crippen LogP contribution in [-0.2, 0) is 17.6 Å². The maximum Gasteiger partial charge on any atom is 0.345 e. The average molecular weight is 399 g/mol. The minimum absolute atomic E-state index is 0.157. The maximum absolute atomic E-state index is 12.7. The lowest BCUT2D eigenvalue weighted by atomic mass is 9.98. The number of benzene rings is 1. The average Bonchev–Trinajstić information content (AvgIpc) is 3.15. The first-order valence-corrected chi connectivity index (χ1v) is 9.96. The number of carbonyl (C=O) groups excluding carboxylic acids is 1. The summed E-state index contributed by atoms with van der Waals surface area (Å²) in [6, 6.07) is 5.99. The molecule has 29 heavy (non-hydrogen) atoms. The molecule has 0 spiro atoms. The molecular formula is C22H29N3O4. The van der Waals surface area contributed by atoms with Crippen molar-refractivity contribution in [2.24, 2.45) is 5.92 Å². The molecule has 1 amide bonds. The molecule has 0 radical (unpaired) electrons. The highest BCUT2D eigenvalue weighted by Gasteiger charge is 2.26. The van der Waals surface area contributed by atoms with E-state index in [1.807, 2.05) is 30.9 Å². The molecule has 0 bridgehead atoms. The Kier molecular flexibility index (Phi) is 6.56. The molecule has 1 unspecified atom stereocenters. The number of nitrogens with zero attached hydrogens (tertiary/aromatic N) is 2. The van der Waals surface area contributed by atoms with Gasteiger partial charge in [-0.25, -0.2) is 4.79 Å². The Morgan fingerprint density at radius 3 is 2.69 bits per heavy atom. The van der Waals surface area contributed by atoms with Crippen LogP contribution in [-0.4, -0.2) is 48.1 Å². The number of aromatic amines is 1. The molecule has 1 aromatic carbocycles. The number of hydrogen-bond acceptors (Lipinski definition) is 5. The minimum Gasteiger partial charge on any atom is -0.493 e. The summed E-state index contributed by atoms with van der Waals surface area (Å²) < 4.78 is 10.7. The number of hydrogen-bond donors (Lipinski definition) is 1. The van der Waals surface area contributed by atoms with Crippen molar-refractivity contribution in [3.8, 4) is 11.5 Å². The summed E-state index contributed by atoms with van der Waals surface area (Å²) in [7, 11) is 3.27. The number of aromatic nitrogens is 2. The Hall–Kier alpha value is -2.83. The quantitative estimate of drug-likeness (QED) is 0.773. The number of H-pyrrole nitrogens is 1. The van der Waals surface area contributed by atoms with E-state index in [-0.39, 0.29) is 11.6 Å². The SMILES string of the molecule is COc1ccc(CC2CCN(C(=O)CCc3c(C)nc(=O)[nH]c3C)C2)cc1OC. The molecule has 7 heteroatoms. The molecular weight excluding hydrogens is 370 g/mol. The molecule has 0 aliphatic carbocycles. The van der Waals surface area contributed by atoms with Crippen LogP contribution in [0.5, 0.6) is 11.5 Å². The van der Waals surface area contributed by atoms with E-state index >= 15 is 0 Å². The van der Waals surface area contributed by atoms with E-state index < -0.39 is 0 Å². The smallest absolute Gasteiger partial charge is 0.345 e. The molecule has 1 aliphatic heterocycles. The van der Waals surface area contributed by atoms with E-state index in [0.29, 0.717) is 24.5 Å². The zero-order valence-electron chi connectivity index (χ0n) is 17.6. The number of methoxy groups -OCH3 is 2. The van der Waals surface area contributed by atoms with Gasteiger partial charge < -0.3 is 19.4 Å². The van der Waals surface area contributed by atoms with Crippen molar-refractivity contribution in [1.29, 1.82) is 0 Å². The number of aryl methyl sites for hydroxylation is 2. The van der Waals surface area contributed by atoms with Crippen LogP contribution >= 0.6 is 0 Å². The monoisotopic (exact) mass is 399 g/mol. The number of nitrogens with one attached hydrogen (secondary N) is 1. The van der Waals surface area contributed by atoms with Gasteiger partial charge in [-0.2, -0.15) is 4.98 Å². The van der Waals surface area contributed by atoms with Gasteiger partial charge in [0.25, 0.3) is 0 Å². The van der Waals surface area contributed by atoms with Crippen molar-refractivity contribution in [2.45, 2.75) is 39.5 Å². The summed E-state index contributed by atoms with van der Waals surface area (Å²) in [5.41, 5.74) is 3.30. The van der Waals surface area contributed by atoms with Gasteiger partial charge >= 0.3 is 5.69 Å². The Morgan fingerprint density at radius 2 is 2.00 bits per heavy atom. The van der Waals surface area contributed by atoms with Crippen LogP contribution in [0.3, 0.4) is 0 Å². The van der Waals surface area contributed by atoms with Crippen molar-refractivity contribution in [3.63, 3.8) is 0 Å². The van der Waals surface area contributed by atoms with Crippen molar-refractivity contribution in [3.05, 3.63) is 51.2 Å². The summed E-state index contributed by atoms with van der Waals surface area (Å²) in [4.78, 5) is 32.7. The minimum atomic E-state index is -0.340. The van der Waals surface area contributed by atoms with Gasteiger partial charge in [0.05, 0.1) is 14.2 Å². The van der Waals surface area contributed by atoms with Gasteiger partial charge in [-0.3, -0.25) is 4.79 Å². The van der Waals surface area contributed by atoms with Crippen molar-refractivity contribution in [2.75, 3.05) is 27.3 Å². The van der Waals surface area contributed by atoms with Gasteiger partial charge in [0.15, 0.2) is 11.5 Å². The van der Waals surface area contributed by atoms with Crippen LogP contribution in [0, 0.1) is 19.8 Å². The summed E-state index contributed by atoms with van der Waals surface area (Å²) in [6.45, 7) is 5.23. The zero-order chi connectivity index (χ0) is 21.0. The summed E-state index contributed by atoms with van der Waals surface area (Å²) in [5, 5.41) is 0. The highest BCUT2D eigenvalue weighted by Crippen LogP contribution is 2.30. The summed E-state index contributed by atoms with van der Waals surface area (Å²) in [5.74, 6) is 2.05. The molecule has 156 valence electrons. The predicted octanol–water partition coefficient (Wildman–Crippen LogP) is 2.43. The van der Waals surface area contributed by atoms with Crippen LogP contribution in [0.15, 0.2) is 23.0 Å². The first-order chi connectivity index (χ1) is 13.9. The Morgan fingerprint density at radius 1 is 1.24 bits per heavy atom. The van der Waals surface area contributed by atoms with Gasteiger partial charge in [0.1, 0.15) is 0 Å². The number of amides is 1. The Bertz CT molecular complexity index is 912. The molecule has 2 heterocycles. The second-order valence-corrected chi connectivity index (χ2v) is 7.62. The lowest BCUT2D eigenvalue weighted by Crippen LogP contribution is -2.29. The van der Waals surface area contributed by atoms with Gasteiger partial charge in [-0.15, -0.1) is 0 Å². The first-order valence-electron chi connectivity index (χ1n) is 9.96. The molecule has 1 N–H and O–H groups in total. The molecule has 1 aromatic heterocycles. The highest BCUT2D eigenvalue weighted by atomic mass is 16.5. The van der Waals surface area contributed by atoms with Crippen LogP contribution in [0.25, 0.3) is 0 Å². The first kappa shape index (κ1) is 20.9. The van der Waals surface area contributed by atoms with Gasteiger partial charge in [0, 0.05) is 30.9 Å². The van der Waals surface area contributed by atoms with E-state index in [0.717, 1.165) is 48.7 Å². The fourth-order valence-corrected chi connectivity index (χ4v) is 4.08. The molecule has 3 rings (SSSR count). The van der Waals surface area contributed by atoms with Crippen LogP contribution < -0.4 is 15.2 Å². The van der Waals surface area contributed by atoms with E-state index in [1.54, 1.807) is 14.2 Å².